The van der Waals surface area contributed by atoms with Gasteiger partial charge in [-0.2, -0.15) is 13.2 Å². The molecule has 1 rings (SSSR count). The molecule has 0 saturated heterocycles. The fraction of sp³-hybridized carbons (Fsp3) is 0.562. The number of alkyl halides is 3. The third kappa shape index (κ3) is 7.76. The summed E-state index contributed by atoms with van der Waals surface area (Å²) < 4.78 is 42.0. The van der Waals surface area contributed by atoms with Gasteiger partial charge in [-0.3, -0.25) is 0 Å². The van der Waals surface area contributed by atoms with Gasteiger partial charge in [0.15, 0.2) is 12.6 Å². The van der Waals surface area contributed by atoms with Crippen LogP contribution < -0.4 is 15.4 Å². The van der Waals surface area contributed by atoms with Gasteiger partial charge >= 0.3 is 6.18 Å². The smallest absolute Gasteiger partial charge is 0.422 e. The molecule has 0 bridgehead atoms. The summed E-state index contributed by atoms with van der Waals surface area (Å²) in [5.41, 5.74) is 1.46. The summed E-state index contributed by atoms with van der Waals surface area (Å²) in [7, 11) is 0. The van der Waals surface area contributed by atoms with Gasteiger partial charge in [0, 0.05) is 18.7 Å². The first kappa shape index (κ1) is 19.1. The van der Waals surface area contributed by atoms with Crippen LogP contribution in [-0.4, -0.2) is 31.8 Å². The predicted octanol–water partition coefficient (Wildman–Crippen LogP) is 3.40. The molecular formula is C16H24F3N3O. The monoisotopic (exact) mass is 331 g/mol. The highest BCUT2D eigenvalue weighted by Gasteiger charge is 2.28. The molecule has 0 atom stereocenters. The van der Waals surface area contributed by atoms with E-state index in [1.165, 1.54) is 0 Å². The minimum absolute atomic E-state index is 0.220. The highest BCUT2D eigenvalue weighted by atomic mass is 19.4. The van der Waals surface area contributed by atoms with Crippen molar-refractivity contribution in [2.24, 2.45) is 4.99 Å². The molecule has 4 nitrogen and oxygen atoms in total. The standard InChI is InChI=1S/C16H24F3N3O/c1-4-8-21-15(20-5-2)22-10-13-7-6-12(3)9-14(13)23-11-16(17,18)19/h6-7,9H,4-5,8,10-11H2,1-3H3,(H2,20,21,22). The van der Waals surface area contributed by atoms with Crippen LogP contribution in [0.5, 0.6) is 5.75 Å². The largest absolute Gasteiger partial charge is 0.484 e. The molecule has 1 aromatic carbocycles. The van der Waals surface area contributed by atoms with Crippen LogP contribution >= 0.6 is 0 Å². The van der Waals surface area contributed by atoms with E-state index in [1.54, 1.807) is 19.1 Å². The zero-order valence-electron chi connectivity index (χ0n) is 13.8. The summed E-state index contributed by atoms with van der Waals surface area (Å²) in [4.78, 5) is 4.39. The van der Waals surface area contributed by atoms with Gasteiger partial charge in [0.05, 0.1) is 6.54 Å². The Labute approximate surface area is 135 Å². The van der Waals surface area contributed by atoms with Gasteiger partial charge in [0.2, 0.25) is 0 Å². The normalized spacial score (nSPS) is 12.2. The number of benzene rings is 1. The first-order valence-corrected chi connectivity index (χ1v) is 7.67. The minimum atomic E-state index is -4.36. The lowest BCUT2D eigenvalue weighted by atomic mass is 10.1. The summed E-state index contributed by atoms with van der Waals surface area (Å²) in [6.45, 7) is 6.22. The third-order valence-corrected chi connectivity index (χ3v) is 2.91. The van der Waals surface area contributed by atoms with Crippen molar-refractivity contribution in [2.45, 2.75) is 39.9 Å². The van der Waals surface area contributed by atoms with Crippen LogP contribution in [0, 0.1) is 6.92 Å². The van der Waals surface area contributed by atoms with E-state index in [4.69, 9.17) is 4.74 Å². The lowest BCUT2D eigenvalue weighted by Crippen LogP contribution is -2.37. The van der Waals surface area contributed by atoms with Crippen molar-refractivity contribution in [3.8, 4) is 5.75 Å². The van der Waals surface area contributed by atoms with E-state index < -0.39 is 12.8 Å². The van der Waals surface area contributed by atoms with Crippen molar-refractivity contribution >= 4 is 5.96 Å². The third-order valence-electron chi connectivity index (χ3n) is 2.91. The van der Waals surface area contributed by atoms with Crippen molar-refractivity contribution in [3.63, 3.8) is 0 Å². The van der Waals surface area contributed by atoms with Crippen LogP contribution in [0.3, 0.4) is 0 Å². The minimum Gasteiger partial charge on any atom is -0.484 e. The molecule has 0 radical (unpaired) electrons. The van der Waals surface area contributed by atoms with E-state index >= 15 is 0 Å². The maximum Gasteiger partial charge on any atom is 0.422 e. The molecule has 0 saturated carbocycles. The van der Waals surface area contributed by atoms with Gasteiger partial charge in [-0.1, -0.05) is 19.1 Å². The summed E-state index contributed by atoms with van der Waals surface area (Å²) in [5, 5.41) is 6.24. The maximum atomic E-state index is 12.4. The fourth-order valence-electron chi connectivity index (χ4n) is 1.84. The van der Waals surface area contributed by atoms with Crippen molar-refractivity contribution < 1.29 is 17.9 Å². The molecule has 23 heavy (non-hydrogen) atoms. The molecule has 130 valence electrons. The summed E-state index contributed by atoms with van der Waals surface area (Å²) >= 11 is 0. The Balaban J connectivity index is 2.84. The summed E-state index contributed by atoms with van der Waals surface area (Å²) in [5.74, 6) is 0.856. The van der Waals surface area contributed by atoms with Gasteiger partial charge in [-0.25, -0.2) is 4.99 Å². The fourth-order valence-corrected chi connectivity index (χ4v) is 1.84. The number of nitrogens with zero attached hydrogens (tertiary/aromatic N) is 1. The average molecular weight is 331 g/mol. The van der Waals surface area contributed by atoms with Crippen LogP contribution in [-0.2, 0) is 6.54 Å². The number of rotatable bonds is 7. The Hall–Kier alpha value is -1.92. The van der Waals surface area contributed by atoms with Crippen molar-refractivity contribution in [3.05, 3.63) is 29.3 Å². The van der Waals surface area contributed by atoms with E-state index in [0.29, 0.717) is 18.1 Å². The predicted molar refractivity (Wildman–Crippen MR) is 85.8 cm³/mol. The van der Waals surface area contributed by atoms with Crippen molar-refractivity contribution in [2.75, 3.05) is 19.7 Å². The Morgan fingerprint density at radius 1 is 1.22 bits per heavy atom. The van der Waals surface area contributed by atoms with Gasteiger partial charge in [-0.05, 0) is 31.9 Å². The van der Waals surface area contributed by atoms with Crippen LogP contribution in [0.1, 0.15) is 31.4 Å². The maximum absolute atomic E-state index is 12.4. The Kier molecular flexibility index (Phi) is 7.71. The first-order chi connectivity index (χ1) is 10.9. The SMILES string of the molecule is CCCNC(=NCc1ccc(C)cc1OCC(F)(F)F)NCC. The quantitative estimate of drug-likeness (QED) is 0.595. The molecule has 0 spiro atoms. The molecule has 0 amide bonds. The number of hydrogen-bond acceptors (Lipinski definition) is 2. The summed E-state index contributed by atoms with van der Waals surface area (Å²) in [6.07, 6.45) is -3.41. The second-order valence-corrected chi connectivity index (χ2v) is 5.14. The molecule has 0 aliphatic rings. The molecule has 0 aromatic heterocycles. The molecular weight excluding hydrogens is 307 g/mol. The number of aliphatic imine (C=N–C) groups is 1. The van der Waals surface area contributed by atoms with Gasteiger partial charge < -0.3 is 15.4 Å². The average Bonchev–Trinajstić information content (AvgIpc) is 2.48. The Morgan fingerprint density at radius 2 is 1.96 bits per heavy atom. The number of nitrogens with one attached hydrogen (secondary N) is 2. The van der Waals surface area contributed by atoms with Crippen molar-refractivity contribution in [1.82, 2.24) is 10.6 Å². The molecule has 0 heterocycles. The van der Waals surface area contributed by atoms with E-state index in [1.807, 2.05) is 19.9 Å². The zero-order valence-corrected chi connectivity index (χ0v) is 13.8. The van der Waals surface area contributed by atoms with Gasteiger partial charge in [0.25, 0.3) is 0 Å². The summed E-state index contributed by atoms with van der Waals surface area (Å²) in [6, 6.07) is 5.18. The van der Waals surface area contributed by atoms with Crippen LogP contribution in [0.25, 0.3) is 0 Å². The number of halogens is 3. The molecule has 0 unspecified atom stereocenters. The zero-order chi connectivity index (χ0) is 17.3. The lowest BCUT2D eigenvalue weighted by molar-refractivity contribution is -0.153. The molecule has 0 aliphatic heterocycles. The topological polar surface area (TPSA) is 45.7 Å². The van der Waals surface area contributed by atoms with Gasteiger partial charge in [-0.15, -0.1) is 0 Å². The number of ether oxygens (including phenoxy) is 1. The van der Waals surface area contributed by atoms with E-state index in [2.05, 4.69) is 15.6 Å². The van der Waals surface area contributed by atoms with Crippen LogP contribution in [0.4, 0.5) is 13.2 Å². The Morgan fingerprint density at radius 3 is 2.57 bits per heavy atom. The molecule has 1 aromatic rings. The van der Waals surface area contributed by atoms with Crippen LogP contribution in [0.15, 0.2) is 23.2 Å². The lowest BCUT2D eigenvalue weighted by Gasteiger charge is -2.14. The van der Waals surface area contributed by atoms with E-state index in [9.17, 15) is 13.2 Å². The van der Waals surface area contributed by atoms with E-state index in [0.717, 1.165) is 18.5 Å². The van der Waals surface area contributed by atoms with E-state index in [-0.39, 0.29) is 12.3 Å². The molecule has 0 aliphatic carbocycles. The molecule has 2 N–H and O–H groups in total. The second kappa shape index (κ2) is 9.27. The molecule has 7 heteroatoms. The van der Waals surface area contributed by atoms with Gasteiger partial charge in [0.1, 0.15) is 5.75 Å². The van der Waals surface area contributed by atoms with Crippen LogP contribution in [0.2, 0.25) is 0 Å². The van der Waals surface area contributed by atoms with Crippen molar-refractivity contribution in [1.29, 1.82) is 0 Å². The second-order valence-electron chi connectivity index (χ2n) is 5.14. The number of hydrogen-bond donors (Lipinski definition) is 2. The highest BCUT2D eigenvalue weighted by Crippen LogP contribution is 2.24. The molecule has 0 fully saturated rings. The number of guanidine groups is 1. The highest BCUT2D eigenvalue weighted by molar-refractivity contribution is 5.79. The Bertz CT molecular complexity index is 516. The number of aryl methyl sites for hydroxylation is 1. The first-order valence-electron chi connectivity index (χ1n) is 7.67.